The van der Waals surface area contributed by atoms with Gasteiger partial charge in [-0.05, 0) is 24.1 Å². The molecule has 0 N–H and O–H groups in total. The van der Waals surface area contributed by atoms with E-state index >= 15 is 0 Å². The zero-order valence-electron chi connectivity index (χ0n) is 16.8. The maximum atomic E-state index is 13.7. The van der Waals surface area contributed by atoms with E-state index in [9.17, 15) is 14.0 Å². The molecule has 152 valence electrons. The molecular formula is C22H24FN3O3. The molecule has 0 aliphatic rings. The minimum absolute atomic E-state index is 0.132. The normalized spacial score (nSPS) is 11.1. The first kappa shape index (κ1) is 20.5. The molecule has 0 saturated carbocycles. The average molecular weight is 397 g/mol. The van der Waals surface area contributed by atoms with Crippen LogP contribution in [-0.2, 0) is 6.54 Å². The van der Waals surface area contributed by atoms with Crippen LogP contribution in [0.1, 0.15) is 24.3 Å². The maximum absolute atomic E-state index is 13.7. The Kier molecular flexibility index (Phi) is 6.26. The fourth-order valence-corrected chi connectivity index (χ4v) is 3.00. The van der Waals surface area contributed by atoms with Crippen molar-refractivity contribution in [1.29, 1.82) is 0 Å². The second-order valence-electron chi connectivity index (χ2n) is 7.28. The van der Waals surface area contributed by atoms with Crippen molar-refractivity contribution in [3.63, 3.8) is 0 Å². The van der Waals surface area contributed by atoms with Crippen LogP contribution in [0.15, 0.2) is 53.3 Å². The summed E-state index contributed by atoms with van der Waals surface area (Å²) in [6, 6.07) is 13.1. The lowest BCUT2D eigenvalue weighted by atomic mass is 10.1. The predicted octanol–water partition coefficient (Wildman–Crippen LogP) is 3.34. The summed E-state index contributed by atoms with van der Waals surface area (Å²) in [5.74, 6) is -0.427. The van der Waals surface area contributed by atoms with Crippen molar-refractivity contribution in [2.45, 2.75) is 20.4 Å². The van der Waals surface area contributed by atoms with Crippen molar-refractivity contribution < 1.29 is 13.9 Å². The molecule has 0 bridgehead atoms. The maximum Gasteiger partial charge on any atom is 0.274 e. The molecule has 6 nitrogen and oxygen atoms in total. The van der Waals surface area contributed by atoms with E-state index in [1.54, 1.807) is 43.4 Å². The summed E-state index contributed by atoms with van der Waals surface area (Å²) >= 11 is 0. The number of para-hydroxylation sites is 1. The Morgan fingerprint density at radius 2 is 1.79 bits per heavy atom. The fraction of sp³-hybridized carbons (Fsp3) is 0.318. The lowest BCUT2D eigenvalue weighted by Gasteiger charge is -2.19. The number of ether oxygens (including phenoxy) is 1. The number of hydrogen-bond donors (Lipinski definition) is 0. The van der Waals surface area contributed by atoms with Crippen molar-refractivity contribution in [3.05, 3.63) is 70.4 Å². The molecule has 0 spiro atoms. The molecule has 29 heavy (non-hydrogen) atoms. The molecule has 0 unspecified atom stereocenters. The van der Waals surface area contributed by atoms with Gasteiger partial charge in [-0.1, -0.05) is 44.2 Å². The van der Waals surface area contributed by atoms with E-state index in [2.05, 4.69) is 5.10 Å². The van der Waals surface area contributed by atoms with Gasteiger partial charge in [0.1, 0.15) is 6.61 Å². The van der Waals surface area contributed by atoms with Crippen molar-refractivity contribution in [1.82, 2.24) is 14.7 Å². The molecule has 2 aromatic carbocycles. The van der Waals surface area contributed by atoms with Crippen LogP contribution < -0.4 is 10.3 Å². The SMILES string of the molecule is CC(C)Cn1nc(C(=O)N(C)CCOc2ccccc2F)c2ccccc2c1=O. The predicted molar refractivity (Wildman–Crippen MR) is 110 cm³/mol. The average Bonchev–Trinajstić information content (AvgIpc) is 2.70. The first-order valence-electron chi connectivity index (χ1n) is 9.51. The smallest absolute Gasteiger partial charge is 0.274 e. The summed E-state index contributed by atoms with van der Waals surface area (Å²) in [4.78, 5) is 27.2. The van der Waals surface area contributed by atoms with Gasteiger partial charge in [-0.25, -0.2) is 9.07 Å². The van der Waals surface area contributed by atoms with Gasteiger partial charge in [-0.3, -0.25) is 9.59 Å². The number of aromatic nitrogens is 2. The Morgan fingerprint density at radius 1 is 1.14 bits per heavy atom. The number of carbonyl (C=O) groups excluding carboxylic acids is 1. The van der Waals surface area contributed by atoms with Gasteiger partial charge >= 0.3 is 0 Å². The molecule has 3 aromatic rings. The first-order chi connectivity index (χ1) is 13.9. The number of carbonyl (C=O) groups is 1. The number of likely N-dealkylation sites (N-methyl/N-ethyl adjacent to an activating group) is 1. The van der Waals surface area contributed by atoms with Gasteiger partial charge in [0.05, 0.1) is 11.9 Å². The lowest BCUT2D eigenvalue weighted by molar-refractivity contribution is 0.0766. The zero-order valence-corrected chi connectivity index (χ0v) is 16.8. The first-order valence-corrected chi connectivity index (χ1v) is 9.51. The molecule has 1 heterocycles. The van der Waals surface area contributed by atoms with Crippen LogP contribution in [0.5, 0.6) is 5.75 Å². The van der Waals surface area contributed by atoms with Gasteiger partial charge in [0, 0.05) is 19.0 Å². The molecule has 0 aliphatic carbocycles. The topological polar surface area (TPSA) is 64.4 Å². The van der Waals surface area contributed by atoms with Crippen molar-refractivity contribution >= 4 is 16.7 Å². The summed E-state index contributed by atoms with van der Waals surface area (Å²) in [6.07, 6.45) is 0. The molecule has 3 rings (SSSR count). The van der Waals surface area contributed by atoms with Crippen molar-refractivity contribution in [2.24, 2.45) is 5.92 Å². The third kappa shape index (κ3) is 4.62. The number of hydrogen-bond acceptors (Lipinski definition) is 4. The summed E-state index contributed by atoms with van der Waals surface area (Å²) in [5.41, 5.74) is 0.00521. The molecule has 1 amide bonds. The largest absolute Gasteiger partial charge is 0.489 e. The Morgan fingerprint density at radius 3 is 2.48 bits per heavy atom. The molecule has 7 heteroatoms. The van der Waals surface area contributed by atoms with E-state index in [0.29, 0.717) is 17.3 Å². The van der Waals surface area contributed by atoms with Gasteiger partial charge in [0.2, 0.25) is 0 Å². The Balaban J connectivity index is 1.83. The van der Waals surface area contributed by atoms with Crippen LogP contribution in [0, 0.1) is 11.7 Å². The van der Waals surface area contributed by atoms with E-state index in [4.69, 9.17) is 4.74 Å². The molecule has 0 fully saturated rings. The van der Waals surface area contributed by atoms with Crippen LogP contribution >= 0.6 is 0 Å². The quantitative estimate of drug-likeness (QED) is 0.613. The highest BCUT2D eigenvalue weighted by Crippen LogP contribution is 2.17. The number of fused-ring (bicyclic) bond motifs is 1. The van der Waals surface area contributed by atoms with Crippen LogP contribution in [0.3, 0.4) is 0 Å². The summed E-state index contributed by atoms with van der Waals surface area (Å²) in [6.45, 7) is 4.76. The van der Waals surface area contributed by atoms with Gasteiger partial charge < -0.3 is 9.64 Å². The second kappa shape index (κ2) is 8.86. The monoisotopic (exact) mass is 397 g/mol. The Bertz CT molecular complexity index is 1080. The van der Waals surface area contributed by atoms with E-state index < -0.39 is 5.82 Å². The summed E-state index contributed by atoms with van der Waals surface area (Å²) < 4.78 is 20.4. The van der Waals surface area contributed by atoms with Crippen molar-refractivity contribution in [3.8, 4) is 5.75 Å². The van der Waals surface area contributed by atoms with E-state index in [1.165, 1.54) is 21.7 Å². The number of nitrogens with zero attached hydrogens (tertiary/aromatic N) is 3. The molecule has 0 radical (unpaired) electrons. The van der Waals surface area contributed by atoms with Crippen LogP contribution in [-0.4, -0.2) is 40.8 Å². The standard InChI is InChI=1S/C22H24FN3O3/c1-15(2)14-26-21(27)17-9-5-4-8-16(17)20(24-26)22(28)25(3)12-13-29-19-11-7-6-10-18(19)23/h4-11,15H,12-14H2,1-3H3. The number of rotatable bonds is 7. The van der Waals surface area contributed by atoms with E-state index in [1.807, 2.05) is 13.8 Å². The minimum Gasteiger partial charge on any atom is -0.489 e. The number of halogens is 1. The molecular weight excluding hydrogens is 373 g/mol. The zero-order chi connectivity index (χ0) is 21.0. The van der Waals surface area contributed by atoms with Gasteiger partial charge in [-0.15, -0.1) is 0 Å². The van der Waals surface area contributed by atoms with Crippen molar-refractivity contribution in [2.75, 3.05) is 20.2 Å². The van der Waals surface area contributed by atoms with Gasteiger partial charge in [0.15, 0.2) is 17.3 Å². The summed E-state index contributed by atoms with van der Waals surface area (Å²) in [5, 5.41) is 5.33. The van der Waals surface area contributed by atoms with Crippen LogP contribution in [0.4, 0.5) is 4.39 Å². The molecule has 0 atom stereocenters. The lowest BCUT2D eigenvalue weighted by Crippen LogP contribution is -2.34. The molecule has 0 aliphatic heterocycles. The third-order valence-electron chi connectivity index (χ3n) is 4.48. The molecule has 0 saturated heterocycles. The summed E-state index contributed by atoms with van der Waals surface area (Å²) in [7, 11) is 1.63. The highest BCUT2D eigenvalue weighted by atomic mass is 19.1. The molecule has 1 aromatic heterocycles. The van der Waals surface area contributed by atoms with Crippen LogP contribution in [0.2, 0.25) is 0 Å². The van der Waals surface area contributed by atoms with E-state index in [-0.39, 0.29) is 42.0 Å². The highest BCUT2D eigenvalue weighted by Gasteiger charge is 2.20. The minimum atomic E-state index is -0.449. The number of benzene rings is 2. The Labute approximate surface area is 168 Å². The Hall–Kier alpha value is -3.22. The van der Waals surface area contributed by atoms with Crippen LogP contribution in [0.25, 0.3) is 10.8 Å². The number of amides is 1. The van der Waals surface area contributed by atoms with Gasteiger partial charge in [-0.2, -0.15) is 5.10 Å². The van der Waals surface area contributed by atoms with E-state index in [0.717, 1.165) is 0 Å². The third-order valence-corrected chi connectivity index (χ3v) is 4.48. The highest BCUT2D eigenvalue weighted by molar-refractivity contribution is 6.04. The van der Waals surface area contributed by atoms with Gasteiger partial charge in [0.25, 0.3) is 11.5 Å². The fourth-order valence-electron chi connectivity index (χ4n) is 3.00. The second-order valence-corrected chi connectivity index (χ2v) is 7.28.